The van der Waals surface area contributed by atoms with E-state index in [0.29, 0.717) is 5.41 Å². The van der Waals surface area contributed by atoms with E-state index in [1.54, 1.807) is 0 Å². The van der Waals surface area contributed by atoms with E-state index < -0.39 is 0 Å². The number of likely N-dealkylation sites (tertiary alicyclic amines) is 1. The quantitative estimate of drug-likeness (QED) is 0.739. The molecule has 5 nitrogen and oxygen atoms in total. The Bertz CT molecular complexity index is 900. The van der Waals surface area contributed by atoms with Gasteiger partial charge in [-0.25, -0.2) is 0 Å². The summed E-state index contributed by atoms with van der Waals surface area (Å²) in [7, 11) is 1.43. The van der Waals surface area contributed by atoms with Gasteiger partial charge in [0.25, 0.3) is 0 Å². The maximum Gasteiger partial charge on any atom is 0.311 e. The fourth-order valence-electron chi connectivity index (χ4n) is 4.54. The first-order valence-electron chi connectivity index (χ1n) is 11.2. The summed E-state index contributed by atoms with van der Waals surface area (Å²) in [6.07, 6.45) is 7.38. The number of hydrogen-bond donors (Lipinski definition) is 1. The third-order valence-corrected chi connectivity index (χ3v) is 6.52. The molecule has 5 heteroatoms. The van der Waals surface area contributed by atoms with Crippen molar-refractivity contribution in [3.63, 3.8) is 0 Å². The molecule has 30 heavy (non-hydrogen) atoms. The number of nitrogens with zero attached hydrogens (tertiary/aromatic N) is 1. The minimum atomic E-state index is -0.127. The summed E-state index contributed by atoms with van der Waals surface area (Å²) >= 11 is 0. The van der Waals surface area contributed by atoms with E-state index in [4.69, 9.17) is 4.74 Å². The highest BCUT2D eigenvalue weighted by atomic mass is 16.5. The molecule has 1 aromatic heterocycles. The molecule has 2 fully saturated rings. The molecule has 1 N–H and O–H groups in total. The van der Waals surface area contributed by atoms with Gasteiger partial charge in [0, 0.05) is 31.2 Å². The Hall–Kier alpha value is -2.14. The lowest BCUT2D eigenvalue weighted by Gasteiger charge is -2.37. The highest BCUT2D eigenvalue weighted by molar-refractivity contribution is 5.79. The van der Waals surface area contributed by atoms with Gasteiger partial charge in [-0.1, -0.05) is 46.1 Å². The Balaban J connectivity index is 0.000000216. The fraction of sp³-hybridized carbons (Fsp3) is 0.600. The van der Waals surface area contributed by atoms with Gasteiger partial charge in [-0.15, -0.1) is 0 Å². The van der Waals surface area contributed by atoms with E-state index in [2.05, 4.69) is 36.7 Å². The Morgan fingerprint density at radius 1 is 1.10 bits per heavy atom. The summed E-state index contributed by atoms with van der Waals surface area (Å²) in [6.45, 7) is 9.43. The summed E-state index contributed by atoms with van der Waals surface area (Å²) in [6, 6.07) is 9.35. The topological polar surface area (TPSA) is 62.4 Å². The summed E-state index contributed by atoms with van der Waals surface area (Å²) in [5.41, 5.74) is 2.50. The minimum absolute atomic E-state index is 0.0109. The van der Waals surface area contributed by atoms with Crippen molar-refractivity contribution in [2.45, 2.75) is 59.4 Å². The first-order valence-corrected chi connectivity index (χ1v) is 11.2. The van der Waals surface area contributed by atoms with Gasteiger partial charge in [0.2, 0.25) is 5.56 Å². The zero-order valence-corrected chi connectivity index (χ0v) is 18.9. The monoisotopic (exact) mass is 412 g/mol. The van der Waals surface area contributed by atoms with Gasteiger partial charge in [-0.2, -0.15) is 0 Å². The van der Waals surface area contributed by atoms with Crippen molar-refractivity contribution in [3.8, 4) is 0 Å². The molecule has 0 unspecified atom stereocenters. The number of methoxy groups -OCH3 is 1. The lowest BCUT2D eigenvalue weighted by Crippen LogP contribution is -2.49. The van der Waals surface area contributed by atoms with E-state index in [1.807, 2.05) is 18.2 Å². The molecule has 0 atom stereocenters. The number of hydrogen-bond acceptors (Lipinski definition) is 4. The second-order valence-electron chi connectivity index (χ2n) is 9.86. The van der Waals surface area contributed by atoms with Gasteiger partial charge >= 0.3 is 5.97 Å². The normalized spacial score (nSPS) is 18.4. The number of aromatic nitrogens is 1. The van der Waals surface area contributed by atoms with Gasteiger partial charge in [0.15, 0.2) is 0 Å². The summed E-state index contributed by atoms with van der Waals surface area (Å²) < 4.78 is 4.72. The highest BCUT2D eigenvalue weighted by Gasteiger charge is 2.33. The average molecular weight is 413 g/mol. The number of fused-ring (bicyclic) bond motifs is 1. The number of carbonyl (C=O) groups is 1. The molecule has 1 aromatic carbocycles. The van der Waals surface area contributed by atoms with E-state index in [9.17, 15) is 9.59 Å². The number of benzene rings is 1. The molecular weight excluding hydrogens is 376 g/mol. The van der Waals surface area contributed by atoms with Crippen molar-refractivity contribution in [2.24, 2.45) is 17.3 Å². The van der Waals surface area contributed by atoms with Crippen LogP contribution in [0.15, 0.2) is 35.1 Å². The third-order valence-electron chi connectivity index (χ3n) is 6.52. The van der Waals surface area contributed by atoms with Gasteiger partial charge < -0.3 is 9.72 Å². The Labute approximate surface area is 179 Å². The molecule has 164 valence electrons. The third kappa shape index (κ3) is 5.94. The number of aromatic amines is 1. The second-order valence-corrected chi connectivity index (χ2v) is 9.86. The number of carbonyl (C=O) groups excluding carboxylic acids is 1. The van der Waals surface area contributed by atoms with Crippen molar-refractivity contribution in [2.75, 3.05) is 20.2 Å². The van der Waals surface area contributed by atoms with Crippen LogP contribution < -0.4 is 5.56 Å². The first kappa shape index (κ1) is 22.5. The number of nitrogens with one attached hydrogen (secondary N) is 1. The highest BCUT2D eigenvalue weighted by Crippen LogP contribution is 2.37. The van der Waals surface area contributed by atoms with Crippen molar-refractivity contribution in [1.82, 2.24) is 9.88 Å². The Morgan fingerprint density at radius 2 is 1.80 bits per heavy atom. The average Bonchev–Trinajstić information content (AvgIpc) is 2.70. The van der Waals surface area contributed by atoms with Crippen LogP contribution in [-0.2, 0) is 16.1 Å². The molecule has 1 aliphatic carbocycles. The van der Waals surface area contributed by atoms with Crippen LogP contribution in [0.4, 0.5) is 0 Å². The van der Waals surface area contributed by atoms with Crippen LogP contribution in [0.5, 0.6) is 0 Å². The number of pyridine rings is 1. The lowest BCUT2D eigenvalue weighted by molar-refractivity contribution is -0.151. The van der Waals surface area contributed by atoms with Gasteiger partial charge in [0.1, 0.15) is 0 Å². The van der Waals surface area contributed by atoms with Crippen molar-refractivity contribution in [1.29, 1.82) is 0 Å². The van der Waals surface area contributed by atoms with E-state index in [-0.39, 0.29) is 17.4 Å². The van der Waals surface area contributed by atoms with Gasteiger partial charge in [-0.3, -0.25) is 14.5 Å². The van der Waals surface area contributed by atoms with E-state index in [1.165, 1.54) is 50.8 Å². The summed E-state index contributed by atoms with van der Waals surface area (Å²) in [5, 5.41) is 1.02. The number of H-pyrrole nitrogens is 1. The van der Waals surface area contributed by atoms with Crippen LogP contribution in [0.3, 0.4) is 0 Å². The smallest absolute Gasteiger partial charge is 0.311 e. The largest absolute Gasteiger partial charge is 0.469 e. The zero-order valence-electron chi connectivity index (χ0n) is 18.9. The molecule has 0 radical (unpaired) electrons. The molecule has 2 aromatic rings. The van der Waals surface area contributed by atoms with Crippen LogP contribution in [0.25, 0.3) is 10.9 Å². The SMILES string of the molecule is CC(C)(C)C1CCCCC1.COC(=O)C1CN(Cc2ccc3[nH]c(=O)ccc3c2)C1. The maximum atomic E-state index is 11.3. The van der Waals surface area contributed by atoms with Crippen LogP contribution in [0.2, 0.25) is 0 Å². The molecule has 2 heterocycles. The number of esters is 1. The molecule has 1 saturated carbocycles. The minimum Gasteiger partial charge on any atom is -0.469 e. The molecule has 0 spiro atoms. The van der Waals surface area contributed by atoms with Crippen LogP contribution >= 0.6 is 0 Å². The molecule has 2 aliphatic rings. The molecule has 0 amide bonds. The zero-order chi connectivity index (χ0) is 21.7. The van der Waals surface area contributed by atoms with Crippen LogP contribution in [0.1, 0.15) is 58.4 Å². The van der Waals surface area contributed by atoms with E-state index >= 15 is 0 Å². The number of rotatable bonds is 3. The second kappa shape index (κ2) is 9.78. The molecule has 0 bridgehead atoms. The van der Waals surface area contributed by atoms with E-state index in [0.717, 1.165) is 36.5 Å². The maximum absolute atomic E-state index is 11.3. The van der Waals surface area contributed by atoms with Crippen molar-refractivity contribution >= 4 is 16.9 Å². The predicted octanol–water partition coefficient (Wildman–Crippen LogP) is 4.75. The molecule has 4 rings (SSSR count). The fourth-order valence-corrected chi connectivity index (χ4v) is 4.54. The Kier molecular flexibility index (Phi) is 7.35. The Morgan fingerprint density at radius 3 is 2.40 bits per heavy atom. The van der Waals surface area contributed by atoms with Crippen molar-refractivity contribution < 1.29 is 9.53 Å². The lowest BCUT2D eigenvalue weighted by atomic mass is 9.72. The predicted molar refractivity (Wildman–Crippen MR) is 121 cm³/mol. The molecular formula is C25H36N2O3. The van der Waals surface area contributed by atoms with Crippen LogP contribution in [-0.4, -0.2) is 36.1 Å². The number of ether oxygens (including phenoxy) is 1. The standard InChI is InChI=1S/C15H16N2O3.C10H20/c1-20-15(19)12-8-17(9-12)7-10-2-4-13-11(6-10)3-5-14(18)16-13;1-10(2,3)9-7-5-4-6-8-9/h2-6,12H,7-9H2,1H3,(H,16,18);9H,4-8H2,1-3H3. The van der Waals surface area contributed by atoms with Crippen LogP contribution in [0, 0.1) is 17.3 Å². The van der Waals surface area contributed by atoms with Crippen molar-refractivity contribution in [3.05, 3.63) is 46.2 Å². The van der Waals surface area contributed by atoms with Gasteiger partial charge in [0.05, 0.1) is 13.0 Å². The molecule has 1 aliphatic heterocycles. The summed E-state index contributed by atoms with van der Waals surface area (Å²) in [5.74, 6) is 0.885. The summed E-state index contributed by atoms with van der Waals surface area (Å²) in [4.78, 5) is 27.5. The first-order chi connectivity index (χ1) is 14.3. The van der Waals surface area contributed by atoms with Gasteiger partial charge in [-0.05, 0) is 53.3 Å². The molecule has 1 saturated heterocycles.